The summed E-state index contributed by atoms with van der Waals surface area (Å²) in [5, 5.41) is 9.20. The Morgan fingerprint density at radius 2 is 2.00 bits per heavy atom. The molecule has 82 valence electrons. The van der Waals surface area contributed by atoms with Crippen LogP contribution in [0.4, 0.5) is 0 Å². The third-order valence-electron chi connectivity index (χ3n) is 3.11. The summed E-state index contributed by atoms with van der Waals surface area (Å²) < 4.78 is 0. The van der Waals surface area contributed by atoms with Crippen molar-refractivity contribution < 1.29 is 9.90 Å². The molecule has 1 unspecified atom stereocenters. The monoisotopic (exact) mass is 199 g/mol. The Morgan fingerprint density at radius 3 is 2.43 bits per heavy atom. The van der Waals surface area contributed by atoms with E-state index in [9.17, 15) is 9.90 Å². The normalized spacial score (nSPS) is 22.0. The summed E-state index contributed by atoms with van der Waals surface area (Å²) in [5.74, 6) is 0.191. The average molecular weight is 199 g/mol. The lowest BCUT2D eigenvalue weighted by atomic mass is 9.87. The molecule has 0 bridgehead atoms. The molecule has 0 aromatic carbocycles. The number of carbonyl (C=O) groups is 1. The van der Waals surface area contributed by atoms with Crippen molar-refractivity contribution in [1.82, 2.24) is 4.90 Å². The fraction of sp³-hybridized carbons (Fsp3) is 0.909. The molecule has 0 aromatic rings. The number of hydrogen-bond acceptors (Lipinski definition) is 2. The predicted molar refractivity (Wildman–Crippen MR) is 55.9 cm³/mol. The molecule has 3 heteroatoms. The van der Waals surface area contributed by atoms with Gasteiger partial charge in [-0.05, 0) is 19.8 Å². The summed E-state index contributed by atoms with van der Waals surface area (Å²) in [6.45, 7) is 4.19. The number of amides is 1. The SMILES string of the molecule is CC(O)CN(C)C(=O)C1(C)CCCC1. The largest absolute Gasteiger partial charge is 0.392 e. The summed E-state index contributed by atoms with van der Waals surface area (Å²) >= 11 is 0. The third-order valence-corrected chi connectivity index (χ3v) is 3.11. The lowest BCUT2D eigenvalue weighted by molar-refractivity contribution is -0.140. The van der Waals surface area contributed by atoms with E-state index in [2.05, 4.69) is 0 Å². The smallest absolute Gasteiger partial charge is 0.228 e. The first-order valence-electron chi connectivity index (χ1n) is 5.39. The molecule has 1 rings (SSSR count). The lowest BCUT2D eigenvalue weighted by Gasteiger charge is -2.29. The van der Waals surface area contributed by atoms with Gasteiger partial charge in [0.05, 0.1) is 6.10 Å². The Morgan fingerprint density at radius 1 is 1.50 bits per heavy atom. The number of carbonyl (C=O) groups excluding carboxylic acids is 1. The van der Waals surface area contributed by atoms with E-state index in [1.807, 2.05) is 6.92 Å². The van der Waals surface area contributed by atoms with E-state index in [1.54, 1.807) is 18.9 Å². The molecule has 0 radical (unpaired) electrons. The molecule has 14 heavy (non-hydrogen) atoms. The molecule has 0 aliphatic heterocycles. The maximum atomic E-state index is 12.0. The minimum atomic E-state index is -0.436. The van der Waals surface area contributed by atoms with Crippen LogP contribution in [0.1, 0.15) is 39.5 Å². The molecule has 0 aromatic heterocycles. The van der Waals surface area contributed by atoms with Gasteiger partial charge in [-0.1, -0.05) is 19.8 Å². The van der Waals surface area contributed by atoms with E-state index in [4.69, 9.17) is 0 Å². The maximum Gasteiger partial charge on any atom is 0.228 e. The third kappa shape index (κ3) is 2.47. The zero-order chi connectivity index (χ0) is 10.8. The highest BCUT2D eigenvalue weighted by atomic mass is 16.3. The highest BCUT2D eigenvalue weighted by molar-refractivity contribution is 5.82. The van der Waals surface area contributed by atoms with E-state index in [0.29, 0.717) is 6.54 Å². The quantitative estimate of drug-likeness (QED) is 0.746. The number of aliphatic hydroxyl groups excluding tert-OH is 1. The fourth-order valence-corrected chi connectivity index (χ4v) is 2.31. The average Bonchev–Trinajstić information content (AvgIpc) is 2.51. The van der Waals surface area contributed by atoms with Crippen LogP contribution in [0.3, 0.4) is 0 Å². The second-order valence-electron chi connectivity index (χ2n) is 4.80. The van der Waals surface area contributed by atoms with Gasteiger partial charge in [0.2, 0.25) is 5.91 Å². The first-order valence-corrected chi connectivity index (χ1v) is 5.39. The standard InChI is InChI=1S/C11H21NO2/c1-9(13)8-12(3)10(14)11(2)6-4-5-7-11/h9,13H,4-8H2,1-3H3. The summed E-state index contributed by atoms with van der Waals surface area (Å²) in [4.78, 5) is 13.7. The van der Waals surface area contributed by atoms with Crippen molar-refractivity contribution in [3.05, 3.63) is 0 Å². The molecule has 1 amide bonds. The number of nitrogens with zero attached hydrogens (tertiary/aromatic N) is 1. The molecule has 0 heterocycles. The zero-order valence-electron chi connectivity index (χ0n) is 9.42. The van der Waals surface area contributed by atoms with Gasteiger partial charge in [-0.2, -0.15) is 0 Å². The molecule has 3 nitrogen and oxygen atoms in total. The number of likely N-dealkylation sites (N-methyl/N-ethyl adjacent to an activating group) is 1. The van der Waals surface area contributed by atoms with Crippen molar-refractivity contribution in [1.29, 1.82) is 0 Å². The van der Waals surface area contributed by atoms with Crippen LogP contribution >= 0.6 is 0 Å². The molecule has 1 fully saturated rings. The van der Waals surface area contributed by atoms with E-state index in [-0.39, 0.29) is 11.3 Å². The molecular formula is C11H21NO2. The number of hydrogen-bond donors (Lipinski definition) is 1. The van der Waals surface area contributed by atoms with Crippen LogP contribution in [-0.4, -0.2) is 35.6 Å². The molecule has 1 atom stereocenters. The van der Waals surface area contributed by atoms with Crippen LogP contribution in [0, 0.1) is 5.41 Å². The Balaban J connectivity index is 2.55. The van der Waals surface area contributed by atoms with Crippen molar-refractivity contribution in [3.63, 3.8) is 0 Å². The minimum absolute atomic E-state index is 0.163. The first-order chi connectivity index (χ1) is 6.46. The van der Waals surface area contributed by atoms with E-state index < -0.39 is 6.10 Å². The van der Waals surface area contributed by atoms with Gasteiger partial charge in [-0.15, -0.1) is 0 Å². The van der Waals surface area contributed by atoms with Crippen molar-refractivity contribution in [2.75, 3.05) is 13.6 Å². The van der Waals surface area contributed by atoms with Gasteiger partial charge in [0, 0.05) is 19.0 Å². The summed E-state index contributed by atoms with van der Waals surface area (Å²) in [6.07, 6.45) is 3.87. The van der Waals surface area contributed by atoms with E-state index in [1.165, 1.54) is 0 Å². The van der Waals surface area contributed by atoms with Crippen molar-refractivity contribution in [2.45, 2.75) is 45.6 Å². The Kier molecular flexibility index (Phi) is 3.53. The number of aliphatic hydroxyl groups is 1. The van der Waals surface area contributed by atoms with Gasteiger partial charge in [-0.3, -0.25) is 4.79 Å². The molecule has 0 spiro atoms. The molecular weight excluding hydrogens is 178 g/mol. The molecule has 1 aliphatic rings. The second-order valence-corrected chi connectivity index (χ2v) is 4.80. The highest BCUT2D eigenvalue weighted by Gasteiger charge is 2.38. The van der Waals surface area contributed by atoms with Crippen molar-refractivity contribution >= 4 is 5.91 Å². The van der Waals surface area contributed by atoms with Crippen molar-refractivity contribution in [2.24, 2.45) is 5.41 Å². The summed E-state index contributed by atoms with van der Waals surface area (Å²) in [5.41, 5.74) is -0.163. The van der Waals surface area contributed by atoms with Crippen LogP contribution < -0.4 is 0 Å². The highest BCUT2D eigenvalue weighted by Crippen LogP contribution is 2.38. The van der Waals surface area contributed by atoms with Gasteiger partial charge >= 0.3 is 0 Å². The van der Waals surface area contributed by atoms with E-state index >= 15 is 0 Å². The predicted octanol–water partition coefficient (Wildman–Crippen LogP) is 1.41. The molecule has 1 N–H and O–H groups in total. The van der Waals surface area contributed by atoms with Gasteiger partial charge in [0.25, 0.3) is 0 Å². The van der Waals surface area contributed by atoms with Gasteiger partial charge < -0.3 is 10.0 Å². The van der Waals surface area contributed by atoms with E-state index in [0.717, 1.165) is 25.7 Å². The van der Waals surface area contributed by atoms with Crippen LogP contribution in [0.2, 0.25) is 0 Å². The summed E-state index contributed by atoms with van der Waals surface area (Å²) in [7, 11) is 1.78. The van der Waals surface area contributed by atoms with Gasteiger partial charge in [-0.25, -0.2) is 0 Å². The second kappa shape index (κ2) is 4.30. The van der Waals surface area contributed by atoms with Crippen LogP contribution in [-0.2, 0) is 4.79 Å². The lowest BCUT2D eigenvalue weighted by Crippen LogP contribution is -2.41. The molecule has 1 saturated carbocycles. The first kappa shape index (κ1) is 11.5. The van der Waals surface area contributed by atoms with Gasteiger partial charge in [0.1, 0.15) is 0 Å². The molecule has 1 aliphatic carbocycles. The topological polar surface area (TPSA) is 40.5 Å². The Labute approximate surface area is 86.1 Å². The van der Waals surface area contributed by atoms with Gasteiger partial charge in [0.15, 0.2) is 0 Å². The Bertz CT molecular complexity index is 207. The van der Waals surface area contributed by atoms with Crippen molar-refractivity contribution in [3.8, 4) is 0 Å². The van der Waals surface area contributed by atoms with Crippen LogP contribution in [0.5, 0.6) is 0 Å². The maximum absolute atomic E-state index is 12.0. The zero-order valence-corrected chi connectivity index (χ0v) is 9.42. The Hall–Kier alpha value is -0.570. The molecule has 0 saturated heterocycles. The van der Waals surface area contributed by atoms with Crippen LogP contribution in [0.15, 0.2) is 0 Å². The van der Waals surface area contributed by atoms with Crippen LogP contribution in [0.25, 0.3) is 0 Å². The fourth-order valence-electron chi connectivity index (χ4n) is 2.31. The minimum Gasteiger partial charge on any atom is -0.392 e. The summed E-state index contributed by atoms with van der Waals surface area (Å²) in [6, 6.07) is 0. The number of rotatable bonds is 3.